The first-order valence-electron chi connectivity index (χ1n) is 9.12. The van der Waals surface area contributed by atoms with Gasteiger partial charge in [-0.25, -0.2) is 8.42 Å². The summed E-state index contributed by atoms with van der Waals surface area (Å²) in [5.74, 6) is -0.566. The SMILES string of the molecule is CC(Oc1ccccc1S(=O)(=O)NC(O)c1cc2ccc(N(C)C)cc2o1)C(F)(F)F. The highest BCUT2D eigenvalue weighted by molar-refractivity contribution is 7.89. The van der Waals surface area contributed by atoms with E-state index in [0.29, 0.717) is 11.0 Å². The minimum Gasteiger partial charge on any atom is -0.480 e. The molecule has 0 aliphatic carbocycles. The van der Waals surface area contributed by atoms with Gasteiger partial charge in [0.15, 0.2) is 12.3 Å². The van der Waals surface area contributed by atoms with Gasteiger partial charge < -0.3 is 19.2 Å². The molecule has 0 fully saturated rings. The highest BCUT2D eigenvalue weighted by atomic mass is 32.2. The molecule has 2 aromatic carbocycles. The van der Waals surface area contributed by atoms with Crippen molar-refractivity contribution in [3.63, 3.8) is 0 Å². The van der Waals surface area contributed by atoms with Gasteiger partial charge >= 0.3 is 6.18 Å². The number of alkyl halides is 3. The van der Waals surface area contributed by atoms with E-state index in [1.807, 2.05) is 29.8 Å². The Morgan fingerprint density at radius 2 is 1.81 bits per heavy atom. The lowest BCUT2D eigenvalue weighted by atomic mass is 10.2. The van der Waals surface area contributed by atoms with Crippen molar-refractivity contribution in [2.75, 3.05) is 19.0 Å². The molecule has 0 saturated heterocycles. The molecule has 7 nitrogen and oxygen atoms in total. The van der Waals surface area contributed by atoms with Crippen molar-refractivity contribution in [1.29, 1.82) is 0 Å². The molecule has 2 N–H and O–H groups in total. The predicted octanol–water partition coefficient (Wildman–Crippen LogP) is 3.80. The van der Waals surface area contributed by atoms with Gasteiger partial charge in [0.05, 0.1) is 0 Å². The molecule has 0 aliphatic rings. The first-order valence-corrected chi connectivity index (χ1v) is 10.6. The van der Waals surface area contributed by atoms with E-state index in [9.17, 15) is 26.7 Å². The molecule has 1 heterocycles. The van der Waals surface area contributed by atoms with E-state index < -0.39 is 39.2 Å². The number of halogens is 3. The Bertz CT molecular complexity index is 1180. The number of sulfonamides is 1. The quantitative estimate of drug-likeness (QED) is 0.524. The van der Waals surface area contributed by atoms with E-state index >= 15 is 0 Å². The van der Waals surface area contributed by atoms with Gasteiger partial charge in [0, 0.05) is 31.2 Å². The molecule has 0 aliphatic heterocycles. The average Bonchev–Trinajstić information content (AvgIpc) is 3.10. The van der Waals surface area contributed by atoms with Crippen LogP contribution in [0.3, 0.4) is 0 Å². The maximum absolute atomic E-state index is 12.8. The third-order valence-electron chi connectivity index (χ3n) is 4.48. The fourth-order valence-corrected chi connectivity index (χ4v) is 3.92. The molecule has 0 spiro atoms. The third kappa shape index (κ3) is 5.12. The summed E-state index contributed by atoms with van der Waals surface area (Å²) in [4.78, 5) is 1.30. The maximum Gasteiger partial charge on any atom is 0.425 e. The summed E-state index contributed by atoms with van der Waals surface area (Å²) in [6.45, 7) is 0.766. The zero-order valence-corrected chi connectivity index (χ0v) is 17.7. The van der Waals surface area contributed by atoms with Crippen LogP contribution in [-0.4, -0.2) is 39.9 Å². The van der Waals surface area contributed by atoms with Crippen LogP contribution < -0.4 is 14.4 Å². The summed E-state index contributed by atoms with van der Waals surface area (Å²) < 4.78 is 76.4. The third-order valence-corrected chi connectivity index (χ3v) is 5.93. The van der Waals surface area contributed by atoms with Crippen molar-refractivity contribution in [3.8, 4) is 5.75 Å². The number of para-hydroxylation sites is 1. The average molecular weight is 458 g/mol. The van der Waals surface area contributed by atoms with Gasteiger partial charge in [0.1, 0.15) is 22.0 Å². The molecule has 168 valence electrons. The summed E-state index contributed by atoms with van der Waals surface area (Å²) in [6.07, 6.45) is -8.67. The van der Waals surface area contributed by atoms with E-state index in [2.05, 4.69) is 0 Å². The minimum atomic E-state index is -4.68. The van der Waals surface area contributed by atoms with Gasteiger partial charge in [-0.1, -0.05) is 12.1 Å². The fourth-order valence-electron chi connectivity index (χ4n) is 2.75. The van der Waals surface area contributed by atoms with Crippen molar-refractivity contribution >= 4 is 26.7 Å². The summed E-state index contributed by atoms with van der Waals surface area (Å²) >= 11 is 0. The van der Waals surface area contributed by atoms with Crippen molar-refractivity contribution in [2.24, 2.45) is 0 Å². The molecule has 1 aromatic heterocycles. The Labute approximate surface area is 177 Å². The van der Waals surface area contributed by atoms with Crippen molar-refractivity contribution in [1.82, 2.24) is 4.72 Å². The van der Waals surface area contributed by atoms with Crippen molar-refractivity contribution < 1.29 is 35.8 Å². The van der Waals surface area contributed by atoms with E-state index in [-0.39, 0.29) is 5.76 Å². The van der Waals surface area contributed by atoms with Crippen LogP contribution in [0.4, 0.5) is 18.9 Å². The van der Waals surface area contributed by atoms with E-state index in [1.165, 1.54) is 18.2 Å². The van der Waals surface area contributed by atoms with Crippen LogP contribution in [0.2, 0.25) is 0 Å². The molecular formula is C20H21F3N2O5S. The lowest BCUT2D eigenvalue weighted by molar-refractivity contribution is -0.189. The fraction of sp³-hybridized carbons (Fsp3) is 0.300. The molecule has 2 unspecified atom stereocenters. The number of aliphatic hydroxyl groups excluding tert-OH is 1. The van der Waals surface area contributed by atoms with Crippen LogP contribution >= 0.6 is 0 Å². The van der Waals surface area contributed by atoms with Crippen LogP contribution in [0, 0.1) is 0 Å². The molecule has 0 saturated carbocycles. The number of anilines is 1. The monoisotopic (exact) mass is 458 g/mol. The van der Waals surface area contributed by atoms with Crippen LogP contribution in [0.1, 0.15) is 18.9 Å². The summed E-state index contributed by atoms with van der Waals surface area (Å²) in [7, 11) is -0.768. The number of hydrogen-bond donors (Lipinski definition) is 2. The first-order chi connectivity index (χ1) is 14.4. The predicted molar refractivity (Wildman–Crippen MR) is 108 cm³/mol. The Morgan fingerprint density at radius 1 is 1.13 bits per heavy atom. The maximum atomic E-state index is 12.8. The second-order valence-corrected chi connectivity index (χ2v) is 8.72. The van der Waals surface area contributed by atoms with Crippen LogP contribution in [-0.2, 0) is 10.0 Å². The molecule has 0 bridgehead atoms. The number of ether oxygens (including phenoxy) is 1. The molecule has 3 rings (SSSR count). The van der Waals surface area contributed by atoms with Gasteiger partial charge in [-0.2, -0.15) is 17.9 Å². The number of furan rings is 1. The Balaban J connectivity index is 1.86. The number of nitrogens with zero attached hydrogens (tertiary/aromatic N) is 1. The Morgan fingerprint density at radius 3 is 2.45 bits per heavy atom. The zero-order chi connectivity index (χ0) is 23.0. The topological polar surface area (TPSA) is 92.0 Å². The Kier molecular flexibility index (Phi) is 6.21. The van der Waals surface area contributed by atoms with E-state index in [1.54, 1.807) is 12.1 Å². The molecule has 0 radical (unpaired) electrons. The number of aliphatic hydroxyl groups is 1. The molecule has 11 heteroatoms. The molecular weight excluding hydrogens is 437 g/mol. The van der Waals surface area contributed by atoms with Gasteiger partial charge in [-0.05, 0) is 37.3 Å². The second kappa shape index (κ2) is 8.40. The molecule has 31 heavy (non-hydrogen) atoms. The van der Waals surface area contributed by atoms with Gasteiger partial charge in [-0.15, -0.1) is 0 Å². The van der Waals surface area contributed by atoms with E-state index in [0.717, 1.165) is 24.7 Å². The number of fused-ring (bicyclic) bond motifs is 1. The lowest BCUT2D eigenvalue weighted by Crippen LogP contribution is -2.33. The molecule has 2 atom stereocenters. The molecule has 0 amide bonds. The highest BCUT2D eigenvalue weighted by Gasteiger charge is 2.39. The normalized spacial score (nSPS) is 14.4. The van der Waals surface area contributed by atoms with Crippen molar-refractivity contribution in [2.45, 2.75) is 30.3 Å². The van der Waals surface area contributed by atoms with Gasteiger partial charge in [0.2, 0.25) is 10.0 Å². The number of benzene rings is 2. The summed E-state index contributed by atoms with van der Waals surface area (Å²) in [6, 6.07) is 11.6. The Hall–Kier alpha value is -2.76. The van der Waals surface area contributed by atoms with Crippen molar-refractivity contribution in [3.05, 3.63) is 54.3 Å². The largest absolute Gasteiger partial charge is 0.480 e. The number of nitrogens with one attached hydrogen (secondary N) is 1. The summed E-state index contributed by atoms with van der Waals surface area (Å²) in [5.41, 5.74) is 1.27. The molecule has 3 aromatic rings. The summed E-state index contributed by atoms with van der Waals surface area (Å²) in [5, 5.41) is 11.0. The minimum absolute atomic E-state index is 0.0726. The highest BCUT2D eigenvalue weighted by Crippen LogP contribution is 2.31. The second-order valence-electron chi connectivity index (χ2n) is 7.04. The number of hydrogen-bond acceptors (Lipinski definition) is 6. The first kappa shape index (κ1) is 22.9. The van der Waals surface area contributed by atoms with Crippen LogP contribution in [0.25, 0.3) is 11.0 Å². The number of rotatable bonds is 7. The van der Waals surface area contributed by atoms with Gasteiger partial charge in [0.25, 0.3) is 0 Å². The standard InChI is InChI=1S/C20H21F3N2O5S/c1-12(20(21,22)23)29-15-6-4-5-7-18(15)31(27,28)24-19(26)17-10-13-8-9-14(25(2)3)11-16(13)30-17/h4-12,19,24,26H,1-3H3. The smallest absolute Gasteiger partial charge is 0.425 e. The lowest BCUT2D eigenvalue weighted by Gasteiger charge is -2.20. The van der Waals surface area contributed by atoms with Crippen LogP contribution in [0.15, 0.2) is 57.8 Å². The van der Waals surface area contributed by atoms with E-state index in [4.69, 9.17) is 9.15 Å². The van der Waals surface area contributed by atoms with Gasteiger partial charge in [-0.3, -0.25) is 0 Å². The van der Waals surface area contributed by atoms with Crippen LogP contribution in [0.5, 0.6) is 5.75 Å². The zero-order valence-electron chi connectivity index (χ0n) is 16.8.